The molecule has 2 unspecified atom stereocenters. The zero-order valence-corrected chi connectivity index (χ0v) is 26.4. The third kappa shape index (κ3) is 5.25. The molecule has 3 amide bonds. The van der Waals surface area contributed by atoms with Crippen LogP contribution in [0.5, 0.6) is 5.75 Å². The van der Waals surface area contributed by atoms with Crippen molar-refractivity contribution < 1.29 is 19.1 Å². The van der Waals surface area contributed by atoms with E-state index in [-0.39, 0.29) is 24.4 Å². The van der Waals surface area contributed by atoms with Gasteiger partial charge in [0, 0.05) is 32.6 Å². The van der Waals surface area contributed by atoms with Crippen molar-refractivity contribution in [3.05, 3.63) is 137 Å². The standard InChI is InChI=1S/C37H39N5O4/c1-26-11-10-16-30-21-37(46-26)35(29-14-8-5-9-15-29)41-33(24-40(37)23-32(30)28-12-6-4-7-13-28)42(39(2)25-34(41)43)36(44)38-22-27-17-19-31(45-3)20-18-27/h4-21,32-33,35H,22-25H2,1-3H3,(H,38,44)/b16-10-,26-11-/t32?,33-,35-,37?/m0/s1. The minimum atomic E-state index is -0.985. The fraction of sp³-hybridized carbons (Fsp3) is 0.297. The number of carbonyl (C=O) groups excluding carboxylic acids is 2. The van der Waals surface area contributed by atoms with Gasteiger partial charge in [-0.05, 0) is 53.5 Å². The van der Waals surface area contributed by atoms with E-state index in [0.717, 1.165) is 28.2 Å². The van der Waals surface area contributed by atoms with Crippen molar-refractivity contribution in [1.82, 2.24) is 25.1 Å². The van der Waals surface area contributed by atoms with Gasteiger partial charge in [0.25, 0.3) is 0 Å². The van der Waals surface area contributed by atoms with Crippen molar-refractivity contribution in [2.45, 2.75) is 37.3 Å². The fourth-order valence-corrected chi connectivity index (χ4v) is 7.32. The lowest BCUT2D eigenvalue weighted by atomic mass is 9.78. The molecule has 1 spiro atoms. The van der Waals surface area contributed by atoms with E-state index in [1.54, 1.807) is 24.2 Å². The van der Waals surface area contributed by atoms with E-state index in [2.05, 4.69) is 46.6 Å². The van der Waals surface area contributed by atoms with Crippen LogP contribution in [-0.4, -0.2) is 77.4 Å². The molecule has 0 radical (unpaired) electrons. The molecule has 1 N–H and O–H groups in total. The number of hydrogen-bond donors (Lipinski definition) is 1. The average Bonchev–Trinajstić information content (AvgIpc) is 3.06. The van der Waals surface area contributed by atoms with Crippen LogP contribution in [0.1, 0.15) is 35.6 Å². The normalized spacial score (nSPS) is 27.9. The van der Waals surface area contributed by atoms with Crippen LogP contribution in [0.25, 0.3) is 0 Å². The highest BCUT2D eigenvalue weighted by Crippen LogP contribution is 2.51. The number of rotatable bonds is 5. The Hall–Kier alpha value is -4.86. The number of ether oxygens (including phenoxy) is 2. The van der Waals surface area contributed by atoms with Crippen molar-refractivity contribution >= 4 is 11.9 Å². The van der Waals surface area contributed by atoms with E-state index in [1.165, 1.54) is 5.56 Å². The molecule has 236 valence electrons. The molecule has 0 saturated carbocycles. The number of amides is 3. The highest BCUT2D eigenvalue weighted by atomic mass is 16.5. The number of hydrazine groups is 1. The number of carbonyl (C=O) groups is 2. The Balaban J connectivity index is 1.31. The summed E-state index contributed by atoms with van der Waals surface area (Å²) in [6.45, 7) is 3.41. The maximum absolute atomic E-state index is 14.2. The first-order valence-corrected chi connectivity index (χ1v) is 15.7. The molecule has 2 bridgehead atoms. The Labute approximate surface area is 269 Å². The van der Waals surface area contributed by atoms with Crippen molar-refractivity contribution in [2.24, 2.45) is 0 Å². The number of hydrogen-bond acceptors (Lipinski definition) is 6. The maximum Gasteiger partial charge on any atom is 0.334 e. The minimum absolute atomic E-state index is 0.0578. The van der Waals surface area contributed by atoms with Crippen molar-refractivity contribution in [1.29, 1.82) is 0 Å². The monoisotopic (exact) mass is 617 g/mol. The van der Waals surface area contributed by atoms with Crippen LogP contribution in [-0.2, 0) is 16.1 Å². The molecule has 46 heavy (non-hydrogen) atoms. The van der Waals surface area contributed by atoms with Crippen LogP contribution in [0.3, 0.4) is 0 Å². The van der Waals surface area contributed by atoms with Gasteiger partial charge in [-0.15, -0.1) is 0 Å². The van der Waals surface area contributed by atoms with Gasteiger partial charge in [0.2, 0.25) is 11.6 Å². The Morgan fingerprint density at radius 3 is 2.37 bits per heavy atom. The van der Waals surface area contributed by atoms with Crippen LogP contribution >= 0.6 is 0 Å². The summed E-state index contributed by atoms with van der Waals surface area (Å²) in [4.78, 5) is 32.4. The van der Waals surface area contributed by atoms with Crippen LogP contribution in [0.15, 0.2) is 121 Å². The van der Waals surface area contributed by atoms with Gasteiger partial charge >= 0.3 is 6.03 Å². The quantitative estimate of drug-likeness (QED) is 0.425. The largest absolute Gasteiger partial charge is 0.497 e. The third-order valence-electron chi connectivity index (χ3n) is 9.42. The van der Waals surface area contributed by atoms with Gasteiger partial charge in [-0.25, -0.2) is 14.8 Å². The number of allylic oxidation sites excluding steroid dienone is 4. The predicted molar refractivity (Wildman–Crippen MR) is 175 cm³/mol. The van der Waals surface area contributed by atoms with E-state index in [1.807, 2.05) is 84.6 Å². The lowest BCUT2D eigenvalue weighted by molar-refractivity contribution is -0.239. The first-order chi connectivity index (χ1) is 22.4. The molecular formula is C37H39N5O4. The van der Waals surface area contributed by atoms with Crippen LogP contribution in [0.2, 0.25) is 0 Å². The second-order valence-corrected chi connectivity index (χ2v) is 12.3. The van der Waals surface area contributed by atoms with Crippen molar-refractivity contribution in [2.75, 3.05) is 33.8 Å². The SMILES string of the molecule is COc1ccc(CNC(=O)N2[C@H]3CN4CC(c5ccccc5)C5=CC4(O/C(C)=C\C=C/5)[C@H](c4ccccc4)N3C(=O)CN2C)cc1. The minimum Gasteiger partial charge on any atom is -0.497 e. The molecular weight excluding hydrogens is 578 g/mol. The predicted octanol–water partition coefficient (Wildman–Crippen LogP) is 5.19. The summed E-state index contributed by atoms with van der Waals surface area (Å²) >= 11 is 0. The topological polar surface area (TPSA) is 77.6 Å². The van der Waals surface area contributed by atoms with Gasteiger partial charge in [-0.2, -0.15) is 0 Å². The van der Waals surface area contributed by atoms with E-state index >= 15 is 0 Å². The maximum atomic E-state index is 14.2. The van der Waals surface area contributed by atoms with Gasteiger partial charge in [0.1, 0.15) is 18.0 Å². The number of nitrogens with zero attached hydrogens (tertiary/aromatic N) is 4. The molecule has 0 aliphatic carbocycles. The molecule has 4 aliphatic heterocycles. The summed E-state index contributed by atoms with van der Waals surface area (Å²) in [5.41, 5.74) is 3.25. The van der Waals surface area contributed by atoms with Crippen molar-refractivity contribution in [3.8, 4) is 5.75 Å². The third-order valence-corrected chi connectivity index (χ3v) is 9.42. The zero-order chi connectivity index (χ0) is 31.8. The molecule has 3 aromatic carbocycles. The second-order valence-electron chi connectivity index (χ2n) is 12.3. The summed E-state index contributed by atoms with van der Waals surface area (Å²) in [6.07, 6.45) is 7.84. The number of urea groups is 1. The average molecular weight is 618 g/mol. The summed E-state index contributed by atoms with van der Waals surface area (Å²) in [5.74, 6) is 1.54. The van der Waals surface area contributed by atoms with Crippen LogP contribution in [0.4, 0.5) is 4.79 Å². The first-order valence-electron chi connectivity index (χ1n) is 15.7. The van der Waals surface area contributed by atoms with Crippen molar-refractivity contribution in [3.63, 3.8) is 0 Å². The number of methoxy groups -OCH3 is 1. The summed E-state index contributed by atoms with van der Waals surface area (Å²) < 4.78 is 12.3. The van der Waals surface area contributed by atoms with Crippen LogP contribution in [0, 0.1) is 0 Å². The number of piperazine rings is 1. The molecule has 3 aromatic rings. The molecule has 2 saturated heterocycles. The zero-order valence-electron chi connectivity index (χ0n) is 26.4. The number of likely N-dealkylation sites (N-methyl/N-ethyl adjacent to an activating group) is 1. The smallest absolute Gasteiger partial charge is 0.334 e. The summed E-state index contributed by atoms with van der Waals surface area (Å²) in [7, 11) is 3.43. The Bertz CT molecular complexity index is 1690. The highest BCUT2D eigenvalue weighted by Gasteiger charge is 2.61. The van der Waals surface area contributed by atoms with Gasteiger partial charge in [0.05, 0.1) is 19.4 Å². The molecule has 7 rings (SSSR count). The second kappa shape index (κ2) is 12.2. The Morgan fingerprint density at radius 1 is 0.978 bits per heavy atom. The molecule has 9 nitrogen and oxygen atoms in total. The van der Waals surface area contributed by atoms with E-state index in [9.17, 15) is 9.59 Å². The van der Waals surface area contributed by atoms with Gasteiger partial charge in [0.15, 0.2) is 0 Å². The lowest BCUT2D eigenvalue weighted by Crippen LogP contribution is -2.78. The van der Waals surface area contributed by atoms with Gasteiger partial charge in [-0.3, -0.25) is 9.69 Å². The lowest BCUT2D eigenvalue weighted by Gasteiger charge is -2.63. The first kappa shape index (κ1) is 29.8. The Morgan fingerprint density at radius 2 is 1.67 bits per heavy atom. The molecule has 4 atom stereocenters. The van der Waals surface area contributed by atoms with E-state index < -0.39 is 17.9 Å². The number of fused-ring (bicyclic) bond motifs is 1. The number of benzene rings is 3. The number of nitrogens with one attached hydrogen (secondary N) is 1. The fourth-order valence-electron chi connectivity index (χ4n) is 7.32. The summed E-state index contributed by atoms with van der Waals surface area (Å²) in [5, 5.41) is 6.54. The summed E-state index contributed by atoms with van der Waals surface area (Å²) in [6, 6.07) is 27.4. The molecule has 2 fully saturated rings. The van der Waals surface area contributed by atoms with E-state index in [4.69, 9.17) is 9.47 Å². The van der Waals surface area contributed by atoms with E-state index in [0.29, 0.717) is 19.6 Å². The molecule has 4 heterocycles. The molecule has 9 heteroatoms. The Kier molecular flexibility index (Phi) is 7.88. The molecule has 4 aliphatic rings. The highest BCUT2D eigenvalue weighted by molar-refractivity contribution is 5.83. The van der Waals surface area contributed by atoms with Gasteiger partial charge < -0.3 is 19.7 Å². The molecule has 0 aromatic heterocycles. The van der Waals surface area contributed by atoms with Crippen LogP contribution < -0.4 is 10.1 Å². The van der Waals surface area contributed by atoms with Gasteiger partial charge in [-0.1, -0.05) is 84.9 Å².